The lowest BCUT2D eigenvalue weighted by atomic mass is 9.88. The Labute approximate surface area is 185 Å². The number of hydrogen-bond acceptors (Lipinski definition) is 4. The summed E-state index contributed by atoms with van der Waals surface area (Å²) in [5.41, 5.74) is -0.714. The fourth-order valence-corrected chi connectivity index (χ4v) is 4.06. The molecule has 2 aromatic carbocycles. The maximum atomic E-state index is 12.4. The number of carbonyl (C=O) groups excluding carboxylic acids is 1. The molecule has 1 unspecified atom stereocenters. The van der Waals surface area contributed by atoms with E-state index in [-0.39, 0.29) is 6.61 Å². The minimum atomic E-state index is -4.79. The van der Waals surface area contributed by atoms with Crippen LogP contribution in [0.3, 0.4) is 0 Å². The van der Waals surface area contributed by atoms with Gasteiger partial charge in [0, 0.05) is 0 Å². The van der Waals surface area contributed by atoms with Crippen molar-refractivity contribution in [3.8, 4) is 0 Å². The normalized spacial score (nSPS) is 12.6. The van der Waals surface area contributed by atoms with Gasteiger partial charge >= 0.3 is 13.9 Å². The van der Waals surface area contributed by atoms with Crippen molar-refractivity contribution in [2.75, 3.05) is 6.61 Å². The predicted molar refractivity (Wildman–Crippen MR) is 124 cm³/mol. The summed E-state index contributed by atoms with van der Waals surface area (Å²) in [6, 6.07) is 12.3. The van der Waals surface area contributed by atoms with Crippen LogP contribution >= 0.6 is 7.82 Å². The van der Waals surface area contributed by atoms with Gasteiger partial charge in [0.1, 0.15) is 0 Å². The summed E-state index contributed by atoms with van der Waals surface area (Å²) in [5.74, 6) is 0. The van der Waals surface area contributed by atoms with E-state index < -0.39 is 25.6 Å². The first kappa shape index (κ1) is 27.1. The van der Waals surface area contributed by atoms with Crippen LogP contribution < -0.4 is 5.32 Å². The molecule has 0 radical (unpaired) electrons. The minimum Gasteiger partial charge on any atom is -0.450 e. The van der Waals surface area contributed by atoms with Crippen LogP contribution in [-0.4, -0.2) is 28.1 Å². The maximum absolute atomic E-state index is 12.4. The van der Waals surface area contributed by atoms with Crippen LogP contribution in [-0.2, 0) is 13.8 Å². The fourth-order valence-electron chi connectivity index (χ4n) is 3.34. The smallest absolute Gasteiger partial charge is 0.450 e. The molecule has 174 valence electrons. The summed E-state index contributed by atoms with van der Waals surface area (Å²) in [4.78, 5) is 31.2. The highest BCUT2D eigenvalue weighted by Gasteiger charge is 2.39. The molecule has 0 bridgehead atoms. The number of rotatable bonds is 10. The van der Waals surface area contributed by atoms with Gasteiger partial charge in [0.15, 0.2) is 0 Å². The van der Waals surface area contributed by atoms with E-state index >= 15 is 0 Å². The molecule has 1 atom stereocenters. The zero-order valence-corrected chi connectivity index (χ0v) is 20.0. The quantitative estimate of drug-likeness (QED) is 0.296. The van der Waals surface area contributed by atoms with E-state index in [2.05, 4.69) is 12.2 Å². The largest absolute Gasteiger partial charge is 0.470 e. The van der Waals surface area contributed by atoms with Crippen molar-refractivity contribution in [1.29, 1.82) is 0 Å². The molecule has 0 saturated carbocycles. The molecule has 0 spiro atoms. The third-order valence-electron chi connectivity index (χ3n) is 4.68. The van der Waals surface area contributed by atoms with Crippen LogP contribution in [0.5, 0.6) is 0 Å². The molecule has 8 heteroatoms. The first-order chi connectivity index (χ1) is 14.6. The maximum Gasteiger partial charge on any atom is 0.470 e. The molecule has 31 heavy (non-hydrogen) atoms. The van der Waals surface area contributed by atoms with E-state index in [1.54, 1.807) is 6.07 Å². The average Bonchev–Trinajstić information content (AvgIpc) is 2.71. The number of hydrogen-bond donors (Lipinski definition) is 3. The summed E-state index contributed by atoms with van der Waals surface area (Å²) in [7, 11) is -4.79. The zero-order chi connectivity index (χ0) is 23.5. The molecule has 0 fully saturated rings. The van der Waals surface area contributed by atoms with Crippen molar-refractivity contribution in [2.45, 2.75) is 71.9 Å². The molecule has 0 aliphatic heterocycles. The number of phosphoric acid groups is 1. The molecule has 2 rings (SSSR count). The van der Waals surface area contributed by atoms with E-state index in [1.165, 1.54) is 13.8 Å². The number of fused-ring (bicyclic) bond motifs is 1. The highest BCUT2D eigenvalue weighted by atomic mass is 31.2. The van der Waals surface area contributed by atoms with Gasteiger partial charge < -0.3 is 19.8 Å². The van der Waals surface area contributed by atoms with Crippen molar-refractivity contribution in [1.82, 2.24) is 5.32 Å². The molecule has 0 aliphatic rings. The summed E-state index contributed by atoms with van der Waals surface area (Å²) in [6.07, 6.45) is 3.25. The highest BCUT2D eigenvalue weighted by molar-refractivity contribution is 7.46. The fraction of sp³-hybridized carbons (Fsp3) is 0.522. The number of carbonyl (C=O) groups is 1. The summed E-state index contributed by atoms with van der Waals surface area (Å²) in [6.45, 7) is 9.44. The molecule has 2 aromatic rings. The standard InChI is InChI=1S/C21H30NO6P.C2H6/c1-4-5-6-9-15-27-20(23)22-19(21(2,3)28-29(24,25)26)18-14-10-12-16-11-7-8-13-17(16)18;1-2/h7-8,10-14,19H,4-6,9,15H2,1-3H3,(H,22,23)(H2,24,25,26);1-2H3. The zero-order valence-electron chi connectivity index (χ0n) is 19.1. The van der Waals surface area contributed by atoms with Crippen LogP contribution in [0.1, 0.15) is 71.9 Å². The van der Waals surface area contributed by atoms with Crippen molar-refractivity contribution in [2.24, 2.45) is 0 Å². The second-order valence-electron chi connectivity index (χ2n) is 7.53. The average molecular weight is 454 g/mol. The monoisotopic (exact) mass is 453 g/mol. The topological polar surface area (TPSA) is 105 Å². The molecule has 7 nitrogen and oxygen atoms in total. The van der Waals surface area contributed by atoms with Gasteiger partial charge in [0.05, 0.1) is 18.2 Å². The van der Waals surface area contributed by atoms with Crippen LogP contribution in [0, 0.1) is 0 Å². The molecule has 1 amide bonds. The van der Waals surface area contributed by atoms with Crippen LogP contribution in [0.25, 0.3) is 10.8 Å². The van der Waals surface area contributed by atoms with Crippen LogP contribution in [0.4, 0.5) is 4.79 Å². The van der Waals surface area contributed by atoms with E-state index in [0.29, 0.717) is 5.56 Å². The van der Waals surface area contributed by atoms with Gasteiger partial charge in [-0.3, -0.25) is 4.52 Å². The first-order valence-electron chi connectivity index (χ1n) is 10.8. The second kappa shape index (κ2) is 12.8. The SMILES string of the molecule is CC.CCCCCCOC(=O)NC(c1cccc2ccccc12)C(C)(C)OP(=O)(O)O. The van der Waals surface area contributed by atoms with Gasteiger partial charge in [-0.05, 0) is 36.6 Å². The van der Waals surface area contributed by atoms with Crippen molar-refractivity contribution in [3.63, 3.8) is 0 Å². The number of ether oxygens (including phenoxy) is 1. The lowest BCUT2D eigenvalue weighted by Crippen LogP contribution is -2.44. The minimum absolute atomic E-state index is 0.286. The third kappa shape index (κ3) is 8.99. The van der Waals surface area contributed by atoms with Gasteiger partial charge in [0.2, 0.25) is 0 Å². The summed E-state index contributed by atoms with van der Waals surface area (Å²) in [5, 5.41) is 4.54. The van der Waals surface area contributed by atoms with Crippen molar-refractivity contribution >= 4 is 24.7 Å². The van der Waals surface area contributed by atoms with Gasteiger partial charge in [-0.2, -0.15) is 0 Å². The van der Waals surface area contributed by atoms with Gasteiger partial charge in [-0.15, -0.1) is 0 Å². The Morgan fingerprint density at radius 3 is 2.35 bits per heavy atom. The Bertz CT molecular complexity index is 859. The number of nitrogens with one attached hydrogen (secondary N) is 1. The Hall–Kier alpha value is -1.92. The van der Waals surface area contributed by atoms with Crippen LogP contribution in [0.2, 0.25) is 0 Å². The van der Waals surface area contributed by atoms with Crippen molar-refractivity contribution < 1.29 is 28.4 Å². The highest BCUT2D eigenvalue weighted by Crippen LogP contribution is 2.46. The van der Waals surface area contributed by atoms with Gasteiger partial charge in [0.25, 0.3) is 0 Å². The molecule has 0 aromatic heterocycles. The molecule has 0 heterocycles. The molecular formula is C23H36NO6P. The third-order valence-corrected chi connectivity index (χ3v) is 5.39. The van der Waals surface area contributed by atoms with Gasteiger partial charge in [-0.1, -0.05) is 82.5 Å². The Morgan fingerprint density at radius 1 is 1.06 bits per heavy atom. The Morgan fingerprint density at radius 2 is 1.71 bits per heavy atom. The molecule has 3 N–H and O–H groups in total. The van der Waals surface area contributed by atoms with E-state index in [0.717, 1.165) is 36.5 Å². The number of amides is 1. The lowest BCUT2D eigenvalue weighted by molar-refractivity contribution is 0.0286. The Balaban J connectivity index is 0.00000233. The molecule has 0 aliphatic carbocycles. The molecular weight excluding hydrogens is 417 g/mol. The van der Waals surface area contributed by atoms with E-state index in [9.17, 15) is 19.1 Å². The predicted octanol–water partition coefficient (Wildman–Crippen LogP) is 6.10. The van der Waals surface area contributed by atoms with Gasteiger partial charge in [-0.25, -0.2) is 9.36 Å². The second-order valence-corrected chi connectivity index (χ2v) is 8.69. The van der Waals surface area contributed by atoms with Crippen LogP contribution in [0.15, 0.2) is 42.5 Å². The Kier molecular flexibility index (Phi) is 11.2. The van der Waals surface area contributed by atoms with E-state index in [1.807, 2.05) is 50.2 Å². The number of benzene rings is 2. The van der Waals surface area contributed by atoms with Crippen molar-refractivity contribution in [3.05, 3.63) is 48.0 Å². The number of phosphoric ester groups is 1. The number of unbranched alkanes of at least 4 members (excludes halogenated alkanes) is 3. The summed E-state index contributed by atoms with van der Waals surface area (Å²) >= 11 is 0. The first-order valence-corrected chi connectivity index (χ1v) is 12.3. The number of alkyl carbamates (subject to hydrolysis) is 1. The lowest BCUT2D eigenvalue weighted by Gasteiger charge is -2.35. The van der Waals surface area contributed by atoms with E-state index in [4.69, 9.17) is 9.26 Å². The summed E-state index contributed by atoms with van der Waals surface area (Å²) < 4.78 is 21.9. The molecule has 0 saturated heterocycles.